The molecule has 0 saturated heterocycles. The highest BCUT2D eigenvalue weighted by Gasteiger charge is 2.34. The van der Waals surface area contributed by atoms with E-state index in [4.69, 9.17) is 0 Å². The van der Waals surface area contributed by atoms with Crippen molar-refractivity contribution in [3.63, 3.8) is 0 Å². The lowest BCUT2D eigenvalue weighted by Gasteiger charge is -2.08. The maximum atomic E-state index is 12.7. The second-order valence-electron chi connectivity index (χ2n) is 4.01. The molecule has 5 nitrogen and oxygen atoms in total. The number of fused-ring (bicyclic) bond motifs is 1. The van der Waals surface area contributed by atoms with Crippen molar-refractivity contribution < 1.29 is 22.3 Å². The van der Waals surface area contributed by atoms with E-state index in [1.54, 1.807) is 0 Å². The Morgan fingerprint density at radius 3 is 2.38 bits per heavy atom. The monoisotopic (exact) mass is 337 g/mol. The molecule has 0 spiro atoms. The second-order valence-corrected chi connectivity index (χ2v) is 6.67. The molecule has 1 aromatic heterocycles. The van der Waals surface area contributed by atoms with Crippen LogP contribution in [-0.4, -0.2) is 15.4 Å². The van der Waals surface area contributed by atoms with Gasteiger partial charge in [0.25, 0.3) is 5.69 Å². The van der Waals surface area contributed by atoms with Crippen molar-refractivity contribution in [2.24, 2.45) is 0 Å². The van der Waals surface area contributed by atoms with Crippen LogP contribution in [0.2, 0.25) is 0 Å². The Kier molecular flexibility index (Phi) is 3.85. The van der Waals surface area contributed by atoms with Crippen LogP contribution in [0.1, 0.15) is 5.56 Å². The molecule has 1 heterocycles. The molecular weight excluding hydrogens is 331 g/mol. The maximum Gasteiger partial charge on any atom is 0.416 e. The number of alkyl halides is 3. The molecule has 21 heavy (non-hydrogen) atoms. The first-order valence-electron chi connectivity index (χ1n) is 5.28. The van der Waals surface area contributed by atoms with Gasteiger partial charge in [0.05, 0.1) is 25.5 Å². The second kappa shape index (κ2) is 5.19. The fraction of sp³-hybridized carbons (Fsp3) is 0.182. The molecule has 10 heteroatoms. The molecular formula is C11H6F3NO4S2. The molecule has 2 rings (SSSR count). The molecule has 0 amide bonds. The third kappa shape index (κ3) is 2.95. The Morgan fingerprint density at radius 2 is 1.90 bits per heavy atom. The highest BCUT2D eigenvalue weighted by Crippen LogP contribution is 2.37. The summed E-state index contributed by atoms with van der Waals surface area (Å²) < 4.78 is 49.4. The Hall–Kier alpha value is -1.81. The van der Waals surface area contributed by atoms with Gasteiger partial charge in [-0.3, -0.25) is 19.1 Å². The lowest BCUT2D eigenvalue weighted by atomic mass is 10.1. The van der Waals surface area contributed by atoms with E-state index in [2.05, 4.69) is 0 Å². The standard InChI is InChI=1S/C11H6F3NO4S2/c1-21(19)9-4-8(16)6-2-5(11(12,13)14)3-7(15(17)18)10(6)20-9/h2-4H,1H3. The average Bonchev–Trinajstić information content (AvgIpc) is 2.35. The highest BCUT2D eigenvalue weighted by molar-refractivity contribution is 7.86. The lowest BCUT2D eigenvalue weighted by molar-refractivity contribution is -0.383. The molecule has 1 unspecified atom stereocenters. The van der Waals surface area contributed by atoms with Gasteiger partial charge < -0.3 is 0 Å². The van der Waals surface area contributed by atoms with Crippen molar-refractivity contribution in [2.75, 3.05) is 6.26 Å². The van der Waals surface area contributed by atoms with Crippen LogP contribution in [0.25, 0.3) is 10.1 Å². The number of hydrogen-bond donors (Lipinski definition) is 0. The number of nitro benzene ring substituents is 1. The van der Waals surface area contributed by atoms with Crippen LogP contribution >= 0.6 is 11.3 Å². The van der Waals surface area contributed by atoms with Crippen LogP contribution < -0.4 is 5.43 Å². The summed E-state index contributed by atoms with van der Waals surface area (Å²) in [5.41, 5.74) is -2.92. The minimum Gasteiger partial charge on any atom is -0.289 e. The van der Waals surface area contributed by atoms with Gasteiger partial charge in [-0.2, -0.15) is 13.2 Å². The van der Waals surface area contributed by atoms with Gasteiger partial charge in [0.15, 0.2) is 5.43 Å². The number of nitro groups is 1. The van der Waals surface area contributed by atoms with Crippen LogP contribution in [-0.2, 0) is 17.0 Å². The molecule has 0 saturated carbocycles. The van der Waals surface area contributed by atoms with E-state index in [0.29, 0.717) is 23.5 Å². The largest absolute Gasteiger partial charge is 0.416 e. The molecule has 0 N–H and O–H groups in total. The first-order valence-corrected chi connectivity index (χ1v) is 7.65. The van der Waals surface area contributed by atoms with Gasteiger partial charge in [-0.05, 0) is 6.07 Å². The number of halogens is 3. The van der Waals surface area contributed by atoms with E-state index in [9.17, 15) is 32.3 Å². The first-order chi connectivity index (χ1) is 9.61. The molecule has 1 aromatic carbocycles. The van der Waals surface area contributed by atoms with E-state index in [0.717, 1.165) is 6.07 Å². The molecule has 0 radical (unpaired) electrons. The SMILES string of the molecule is CS(=O)c1cc(=O)c2cc(C(F)(F)F)cc([N+](=O)[O-])c2s1. The quantitative estimate of drug-likeness (QED) is 0.623. The van der Waals surface area contributed by atoms with Crippen LogP contribution in [0, 0.1) is 10.1 Å². The van der Waals surface area contributed by atoms with Gasteiger partial charge in [0.1, 0.15) is 4.70 Å². The fourth-order valence-corrected chi connectivity index (χ4v) is 3.53. The van der Waals surface area contributed by atoms with E-state index in [1.165, 1.54) is 6.26 Å². The zero-order valence-electron chi connectivity index (χ0n) is 10.3. The smallest absolute Gasteiger partial charge is 0.289 e. The van der Waals surface area contributed by atoms with E-state index >= 15 is 0 Å². The van der Waals surface area contributed by atoms with Gasteiger partial charge in [0, 0.05) is 23.8 Å². The Balaban J connectivity index is 2.96. The van der Waals surface area contributed by atoms with Gasteiger partial charge in [0.2, 0.25) is 0 Å². The van der Waals surface area contributed by atoms with Crippen molar-refractivity contribution in [1.82, 2.24) is 0 Å². The van der Waals surface area contributed by atoms with Crippen molar-refractivity contribution in [3.8, 4) is 0 Å². The number of nitrogens with zero attached hydrogens (tertiary/aromatic N) is 1. The highest BCUT2D eigenvalue weighted by atomic mass is 32.2. The topological polar surface area (TPSA) is 77.3 Å². The predicted octanol–water partition coefficient (Wildman–Crippen LogP) is 2.93. The van der Waals surface area contributed by atoms with Crippen LogP contribution in [0.4, 0.5) is 18.9 Å². The Labute approximate surface area is 121 Å². The third-order valence-electron chi connectivity index (χ3n) is 2.59. The number of benzene rings is 1. The molecule has 0 aliphatic carbocycles. The zero-order valence-corrected chi connectivity index (χ0v) is 11.9. The molecule has 0 aliphatic rings. The normalized spacial score (nSPS) is 13.3. The average molecular weight is 337 g/mol. The third-order valence-corrected chi connectivity index (χ3v) is 5.18. The summed E-state index contributed by atoms with van der Waals surface area (Å²) >= 11 is 0.674. The molecule has 1 atom stereocenters. The first kappa shape index (κ1) is 15.6. The van der Waals surface area contributed by atoms with E-state index in [-0.39, 0.29) is 8.91 Å². The Morgan fingerprint density at radius 1 is 1.29 bits per heavy atom. The van der Waals surface area contributed by atoms with Crippen LogP contribution in [0.15, 0.2) is 27.2 Å². The van der Waals surface area contributed by atoms with Crippen molar-refractivity contribution in [2.45, 2.75) is 10.4 Å². The molecule has 2 aromatic rings. The Bertz CT molecular complexity index is 829. The van der Waals surface area contributed by atoms with Gasteiger partial charge in [-0.25, -0.2) is 0 Å². The number of non-ortho nitro benzene ring substituents is 1. The maximum absolute atomic E-state index is 12.7. The van der Waals surface area contributed by atoms with Gasteiger partial charge >= 0.3 is 6.18 Å². The van der Waals surface area contributed by atoms with Crippen molar-refractivity contribution in [3.05, 3.63) is 44.1 Å². The van der Waals surface area contributed by atoms with Gasteiger partial charge in [-0.1, -0.05) is 0 Å². The van der Waals surface area contributed by atoms with E-state index in [1.807, 2.05) is 0 Å². The lowest BCUT2D eigenvalue weighted by Crippen LogP contribution is -2.09. The van der Waals surface area contributed by atoms with Crippen LogP contribution in [0.3, 0.4) is 0 Å². The van der Waals surface area contributed by atoms with Crippen molar-refractivity contribution >= 4 is 37.9 Å². The number of rotatable bonds is 2. The number of hydrogen-bond acceptors (Lipinski definition) is 5. The summed E-state index contributed by atoms with van der Waals surface area (Å²) in [6.45, 7) is 0. The van der Waals surface area contributed by atoms with E-state index < -0.39 is 44.0 Å². The summed E-state index contributed by atoms with van der Waals surface area (Å²) in [4.78, 5) is 21.8. The fourth-order valence-electron chi connectivity index (χ4n) is 1.66. The molecule has 0 fully saturated rings. The summed E-state index contributed by atoms with van der Waals surface area (Å²) in [5, 5.41) is 10.5. The summed E-state index contributed by atoms with van der Waals surface area (Å²) in [6.07, 6.45) is -3.53. The van der Waals surface area contributed by atoms with Crippen molar-refractivity contribution in [1.29, 1.82) is 0 Å². The summed E-state index contributed by atoms with van der Waals surface area (Å²) in [5.74, 6) is 0. The zero-order chi connectivity index (χ0) is 15.9. The van der Waals surface area contributed by atoms with Gasteiger partial charge in [-0.15, -0.1) is 11.3 Å². The minimum atomic E-state index is -4.80. The van der Waals surface area contributed by atoms with Crippen LogP contribution in [0.5, 0.6) is 0 Å². The predicted molar refractivity (Wildman–Crippen MR) is 72.1 cm³/mol. The molecule has 0 aliphatic heterocycles. The summed E-state index contributed by atoms with van der Waals surface area (Å²) in [7, 11) is -1.57. The molecule has 112 valence electrons. The minimum absolute atomic E-state index is 0.0651. The molecule has 0 bridgehead atoms. The summed E-state index contributed by atoms with van der Waals surface area (Å²) in [6, 6.07) is 1.89.